The fourth-order valence-corrected chi connectivity index (χ4v) is 2.67. The molecule has 2 rings (SSSR count). The van der Waals surface area contributed by atoms with Gasteiger partial charge in [-0.3, -0.25) is 9.78 Å². The number of aromatic nitrogens is 1. The van der Waals surface area contributed by atoms with E-state index in [0.29, 0.717) is 16.6 Å². The van der Waals surface area contributed by atoms with E-state index in [-0.39, 0.29) is 19.0 Å². The Morgan fingerprint density at radius 3 is 2.46 bits per heavy atom. The highest BCUT2D eigenvalue weighted by Crippen LogP contribution is 2.23. The van der Waals surface area contributed by atoms with E-state index in [1.807, 2.05) is 12.1 Å². The van der Waals surface area contributed by atoms with Gasteiger partial charge in [-0.05, 0) is 50.6 Å². The van der Waals surface area contributed by atoms with Crippen molar-refractivity contribution in [2.75, 3.05) is 6.54 Å². The van der Waals surface area contributed by atoms with Gasteiger partial charge in [-0.25, -0.2) is 4.79 Å². The van der Waals surface area contributed by atoms with Crippen LogP contribution in [0, 0.1) is 0 Å². The molecule has 0 aliphatic carbocycles. The summed E-state index contributed by atoms with van der Waals surface area (Å²) in [5, 5.41) is 3.35. The Labute approximate surface area is 174 Å². The van der Waals surface area contributed by atoms with E-state index in [1.54, 1.807) is 56.1 Å². The summed E-state index contributed by atoms with van der Waals surface area (Å²) in [6.07, 6.45) is 1.02. The number of hydrogen-bond acceptors (Lipinski definition) is 4. The summed E-state index contributed by atoms with van der Waals surface area (Å²) in [6.45, 7) is 5.66. The molecule has 2 amide bonds. The highest BCUT2D eigenvalue weighted by molar-refractivity contribution is 6.42. The maximum atomic E-state index is 12.7. The first-order valence-electron chi connectivity index (χ1n) is 8.72. The second-order valence-electron chi connectivity index (χ2n) is 7.17. The highest BCUT2D eigenvalue weighted by Gasteiger charge is 2.20. The van der Waals surface area contributed by atoms with Gasteiger partial charge in [0.05, 0.1) is 22.3 Å². The number of hydrogen-bond donors (Lipinski definition) is 1. The minimum absolute atomic E-state index is 0.191. The van der Waals surface area contributed by atoms with E-state index < -0.39 is 11.7 Å². The van der Waals surface area contributed by atoms with Crippen LogP contribution in [0.4, 0.5) is 4.79 Å². The van der Waals surface area contributed by atoms with Gasteiger partial charge in [0, 0.05) is 12.7 Å². The van der Waals surface area contributed by atoms with E-state index in [4.69, 9.17) is 27.9 Å². The van der Waals surface area contributed by atoms with Crippen molar-refractivity contribution in [2.45, 2.75) is 39.5 Å². The molecule has 0 atom stereocenters. The molecule has 0 aliphatic rings. The zero-order valence-electron chi connectivity index (χ0n) is 16.0. The number of amides is 2. The number of nitrogens with one attached hydrogen (secondary N) is 1. The Morgan fingerprint density at radius 2 is 1.86 bits per heavy atom. The Hall–Kier alpha value is -2.31. The third-order valence-corrected chi connectivity index (χ3v) is 4.31. The summed E-state index contributed by atoms with van der Waals surface area (Å²) < 4.78 is 5.17. The van der Waals surface area contributed by atoms with Crippen molar-refractivity contribution in [3.05, 3.63) is 63.9 Å². The number of carbonyl (C=O) groups excluding carboxylic acids is 2. The van der Waals surface area contributed by atoms with Crippen molar-refractivity contribution < 1.29 is 14.3 Å². The first-order valence-corrected chi connectivity index (χ1v) is 9.48. The van der Waals surface area contributed by atoms with E-state index in [2.05, 4.69) is 10.3 Å². The first kappa shape index (κ1) is 22.0. The Balaban J connectivity index is 2.09. The number of alkyl carbamates (subject to hydrolysis) is 1. The van der Waals surface area contributed by atoms with Gasteiger partial charge in [-0.15, -0.1) is 0 Å². The maximum Gasteiger partial charge on any atom is 0.408 e. The zero-order chi connectivity index (χ0) is 20.7. The molecular formula is C20H23Cl2N3O3. The van der Waals surface area contributed by atoms with Crippen LogP contribution >= 0.6 is 23.2 Å². The topological polar surface area (TPSA) is 71.5 Å². The van der Waals surface area contributed by atoms with Crippen LogP contribution in [0.3, 0.4) is 0 Å². The van der Waals surface area contributed by atoms with E-state index in [0.717, 1.165) is 11.3 Å². The molecule has 1 aromatic carbocycles. The number of ether oxygens (including phenoxy) is 1. The summed E-state index contributed by atoms with van der Waals surface area (Å²) >= 11 is 12.0. The van der Waals surface area contributed by atoms with Crippen LogP contribution in [0.1, 0.15) is 32.0 Å². The van der Waals surface area contributed by atoms with Crippen molar-refractivity contribution in [1.29, 1.82) is 0 Å². The Kier molecular flexibility index (Phi) is 7.66. The quantitative estimate of drug-likeness (QED) is 0.744. The molecule has 2 aromatic rings. The monoisotopic (exact) mass is 423 g/mol. The molecule has 1 aromatic heterocycles. The van der Waals surface area contributed by atoms with Gasteiger partial charge >= 0.3 is 6.09 Å². The van der Waals surface area contributed by atoms with Gasteiger partial charge in [-0.2, -0.15) is 0 Å². The Bertz CT molecular complexity index is 823. The minimum Gasteiger partial charge on any atom is -0.444 e. The van der Waals surface area contributed by atoms with Gasteiger partial charge in [0.2, 0.25) is 5.91 Å². The molecule has 0 unspecified atom stereocenters. The van der Waals surface area contributed by atoms with Crippen LogP contribution < -0.4 is 5.32 Å². The lowest BCUT2D eigenvalue weighted by Crippen LogP contribution is -2.41. The van der Waals surface area contributed by atoms with Crippen LogP contribution in [-0.4, -0.2) is 34.0 Å². The van der Waals surface area contributed by atoms with Crippen molar-refractivity contribution in [1.82, 2.24) is 15.2 Å². The highest BCUT2D eigenvalue weighted by atomic mass is 35.5. The third-order valence-electron chi connectivity index (χ3n) is 3.57. The summed E-state index contributed by atoms with van der Waals surface area (Å²) in [5.74, 6) is -0.275. The molecule has 0 saturated heterocycles. The van der Waals surface area contributed by atoms with Crippen molar-refractivity contribution >= 4 is 35.2 Å². The van der Waals surface area contributed by atoms with Crippen molar-refractivity contribution in [2.24, 2.45) is 0 Å². The second-order valence-corrected chi connectivity index (χ2v) is 7.99. The van der Waals surface area contributed by atoms with Crippen LogP contribution in [0.25, 0.3) is 0 Å². The lowest BCUT2D eigenvalue weighted by Gasteiger charge is -2.24. The summed E-state index contributed by atoms with van der Waals surface area (Å²) in [7, 11) is 0. The average molecular weight is 424 g/mol. The van der Waals surface area contributed by atoms with Crippen LogP contribution in [0.2, 0.25) is 10.0 Å². The molecule has 150 valence electrons. The van der Waals surface area contributed by atoms with Gasteiger partial charge in [0.15, 0.2) is 0 Å². The Morgan fingerprint density at radius 1 is 1.11 bits per heavy atom. The van der Waals surface area contributed by atoms with E-state index >= 15 is 0 Å². The standard InChI is InChI=1S/C20H23Cl2N3O3/c1-20(2,3)28-19(27)24-11-18(26)25(13-15-6-4-5-9-23-15)12-14-7-8-16(21)17(22)10-14/h4-10H,11-13H2,1-3H3,(H,24,27). The predicted octanol–water partition coefficient (Wildman–Crippen LogP) is 4.44. The van der Waals surface area contributed by atoms with E-state index in [9.17, 15) is 9.59 Å². The molecule has 8 heteroatoms. The molecular weight excluding hydrogens is 401 g/mol. The molecule has 28 heavy (non-hydrogen) atoms. The van der Waals surface area contributed by atoms with Gasteiger partial charge in [-0.1, -0.05) is 35.3 Å². The van der Waals surface area contributed by atoms with Crippen molar-refractivity contribution in [3.63, 3.8) is 0 Å². The number of carbonyl (C=O) groups is 2. The van der Waals surface area contributed by atoms with Crippen LogP contribution in [-0.2, 0) is 22.6 Å². The van der Waals surface area contributed by atoms with E-state index in [1.165, 1.54) is 0 Å². The molecule has 0 radical (unpaired) electrons. The number of nitrogens with zero attached hydrogens (tertiary/aromatic N) is 2. The molecule has 0 bridgehead atoms. The van der Waals surface area contributed by atoms with Crippen LogP contribution in [0.5, 0.6) is 0 Å². The normalized spacial score (nSPS) is 11.0. The fraction of sp³-hybridized carbons (Fsp3) is 0.350. The summed E-state index contributed by atoms with van der Waals surface area (Å²) in [5.41, 5.74) is 0.907. The summed E-state index contributed by atoms with van der Waals surface area (Å²) in [4.78, 5) is 30.4. The SMILES string of the molecule is CC(C)(C)OC(=O)NCC(=O)N(Cc1ccc(Cl)c(Cl)c1)Cc1ccccn1. The number of pyridine rings is 1. The first-order chi connectivity index (χ1) is 13.1. The van der Waals surface area contributed by atoms with Gasteiger partial charge in [0.25, 0.3) is 0 Å². The fourth-order valence-electron chi connectivity index (χ4n) is 2.35. The molecule has 6 nitrogen and oxygen atoms in total. The largest absolute Gasteiger partial charge is 0.444 e. The average Bonchev–Trinajstić information content (AvgIpc) is 2.61. The van der Waals surface area contributed by atoms with Crippen LogP contribution in [0.15, 0.2) is 42.6 Å². The minimum atomic E-state index is -0.645. The molecule has 1 N–H and O–H groups in total. The number of benzene rings is 1. The van der Waals surface area contributed by atoms with Gasteiger partial charge < -0.3 is 15.0 Å². The lowest BCUT2D eigenvalue weighted by atomic mass is 10.2. The van der Waals surface area contributed by atoms with Crippen molar-refractivity contribution in [3.8, 4) is 0 Å². The maximum absolute atomic E-state index is 12.7. The zero-order valence-corrected chi connectivity index (χ0v) is 17.5. The second kappa shape index (κ2) is 9.75. The smallest absolute Gasteiger partial charge is 0.408 e. The molecule has 0 spiro atoms. The number of halogens is 2. The lowest BCUT2D eigenvalue weighted by molar-refractivity contribution is -0.131. The summed E-state index contributed by atoms with van der Waals surface area (Å²) in [6, 6.07) is 10.7. The predicted molar refractivity (Wildman–Crippen MR) is 109 cm³/mol. The molecule has 1 heterocycles. The molecule has 0 aliphatic heterocycles. The third kappa shape index (κ3) is 7.37. The van der Waals surface area contributed by atoms with Gasteiger partial charge in [0.1, 0.15) is 12.1 Å². The molecule has 0 fully saturated rings. The number of rotatable bonds is 6. The molecule has 0 saturated carbocycles.